The van der Waals surface area contributed by atoms with Crippen LogP contribution in [0.15, 0.2) is 24.3 Å². The monoisotopic (exact) mass is 239 g/mol. The topological polar surface area (TPSA) is 58.6 Å². The summed E-state index contributed by atoms with van der Waals surface area (Å²) in [7, 11) is 0. The van der Waals surface area contributed by atoms with Crippen LogP contribution in [0.5, 0.6) is 0 Å². The fourth-order valence-corrected chi connectivity index (χ4v) is 2.01. The molecule has 2 N–H and O–H groups in total. The Bertz CT molecular complexity index is 393. The summed E-state index contributed by atoms with van der Waals surface area (Å²) in [6.07, 6.45) is 0.0676. The van der Waals surface area contributed by atoms with E-state index in [1.165, 1.54) is 12.1 Å². The summed E-state index contributed by atoms with van der Waals surface area (Å²) >= 11 is 0. The summed E-state index contributed by atoms with van der Waals surface area (Å²) in [5.41, 5.74) is 0.878. The number of nitrogens with one attached hydrogen (secondary N) is 1. The van der Waals surface area contributed by atoms with Gasteiger partial charge in [0.2, 0.25) is 0 Å². The molecule has 1 amide bonds. The average Bonchev–Trinajstić information content (AvgIpc) is 2.29. The fraction of sp³-hybridized carbons (Fsp3) is 0.417. The summed E-state index contributed by atoms with van der Waals surface area (Å²) in [6.45, 7) is 0.507. The highest BCUT2D eigenvalue weighted by molar-refractivity contribution is 5.64. The third-order valence-corrected chi connectivity index (χ3v) is 2.85. The molecule has 2 rings (SSSR count). The Hall–Kier alpha value is -1.62. The number of hydrogen-bond donors (Lipinski definition) is 2. The van der Waals surface area contributed by atoms with Crippen molar-refractivity contribution in [2.75, 3.05) is 6.61 Å². The highest BCUT2D eigenvalue weighted by atomic mass is 19.1. The van der Waals surface area contributed by atoms with Crippen LogP contribution in [0.2, 0.25) is 0 Å². The molecule has 0 aromatic heterocycles. The molecule has 1 saturated heterocycles. The number of carbonyl (C=O) groups is 1. The number of amides is 1. The zero-order chi connectivity index (χ0) is 12.3. The lowest BCUT2D eigenvalue weighted by Crippen LogP contribution is -2.39. The molecule has 17 heavy (non-hydrogen) atoms. The number of carboxylic acid groups (broad SMARTS) is 1. The molecular formula is C12H14FNO3. The molecule has 0 aliphatic carbocycles. The van der Waals surface area contributed by atoms with Gasteiger partial charge >= 0.3 is 6.09 Å². The van der Waals surface area contributed by atoms with Crippen LogP contribution in [0, 0.1) is 5.82 Å². The molecule has 1 fully saturated rings. The molecule has 92 valence electrons. The molecule has 0 bridgehead atoms. The molecule has 0 saturated carbocycles. The lowest BCUT2D eigenvalue weighted by atomic mass is 9.97. The first-order chi connectivity index (χ1) is 8.15. The van der Waals surface area contributed by atoms with E-state index in [1.807, 2.05) is 0 Å². The van der Waals surface area contributed by atoms with Crippen LogP contribution in [0.4, 0.5) is 9.18 Å². The van der Waals surface area contributed by atoms with Crippen molar-refractivity contribution in [2.45, 2.75) is 25.0 Å². The lowest BCUT2D eigenvalue weighted by molar-refractivity contribution is 0.00109. The minimum absolute atomic E-state index is 0.101. The maximum Gasteiger partial charge on any atom is 0.404 e. The van der Waals surface area contributed by atoms with Gasteiger partial charge in [0.15, 0.2) is 0 Å². The third-order valence-electron chi connectivity index (χ3n) is 2.85. The van der Waals surface area contributed by atoms with Crippen LogP contribution in [0.3, 0.4) is 0 Å². The van der Waals surface area contributed by atoms with Crippen LogP contribution in [0.25, 0.3) is 0 Å². The summed E-state index contributed by atoms with van der Waals surface area (Å²) in [4.78, 5) is 10.6. The summed E-state index contributed by atoms with van der Waals surface area (Å²) in [6, 6.07) is 6.00. The quantitative estimate of drug-likeness (QED) is 0.832. The van der Waals surface area contributed by atoms with Gasteiger partial charge < -0.3 is 15.2 Å². The predicted octanol–water partition coefficient (Wildman–Crippen LogP) is 2.31. The minimum atomic E-state index is -1.02. The molecule has 5 heteroatoms. The number of hydrogen-bond acceptors (Lipinski definition) is 2. The molecule has 0 spiro atoms. The van der Waals surface area contributed by atoms with Crippen LogP contribution in [-0.2, 0) is 4.74 Å². The molecule has 2 atom stereocenters. The molecule has 1 aliphatic rings. The first kappa shape index (κ1) is 11.9. The largest absolute Gasteiger partial charge is 0.465 e. The molecular weight excluding hydrogens is 225 g/mol. The van der Waals surface area contributed by atoms with Gasteiger partial charge in [0.25, 0.3) is 0 Å². The van der Waals surface area contributed by atoms with Crippen molar-refractivity contribution in [2.24, 2.45) is 0 Å². The van der Waals surface area contributed by atoms with Crippen LogP contribution in [-0.4, -0.2) is 23.8 Å². The summed E-state index contributed by atoms with van der Waals surface area (Å²) < 4.78 is 18.3. The van der Waals surface area contributed by atoms with E-state index in [0.717, 1.165) is 5.56 Å². The number of halogens is 1. The van der Waals surface area contributed by atoms with Crippen molar-refractivity contribution in [3.8, 4) is 0 Å². The molecule has 1 aliphatic heterocycles. The molecule has 1 aromatic carbocycles. The van der Waals surface area contributed by atoms with Crippen molar-refractivity contribution in [3.63, 3.8) is 0 Å². The van der Waals surface area contributed by atoms with Gasteiger partial charge in [-0.3, -0.25) is 0 Å². The van der Waals surface area contributed by atoms with Gasteiger partial charge in [-0.15, -0.1) is 0 Å². The first-order valence-electron chi connectivity index (χ1n) is 5.51. The molecule has 1 aromatic rings. The minimum Gasteiger partial charge on any atom is -0.465 e. The van der Waals surface area contributed by atoms with Gasteiger partial charge in [-0.05, 0) is 30.5 Å². The SMILES string of the molecule is O=C(O)NC1CCOC(c2ccc(F)cc2)C1. The van der Waals surface area contributed by atoms with Crippen molar-refractivity contribution in [3.05, 3.63) is 35.6 Å². The molecule has 0 radical (unpaired) electrons. The number of ether oxygens (including phenoxy) is 1. The van der Waals surface area contributed by atoms with Gasteiger partial charge in [-0.1, -0.05) is 12.1 Å². The van der Waals surface area contributed by atoms with Gasteiger partial charge in [0, 0.05) is 12.6 Å². The van der Waals surface area contributed by atoms with Crippen LogP contribution in [0.1, 0.15) is 24.5 Å². The van der Waals surface area contributed by atoms with E-state index in [9.17, 15) is 9.18 Å². The fourth-order valence-electron chi connectivity index (χ4n) is 2.01. The smallest absolute Gasteiger partial charge is 0.404 e. The highest BCUT2D eigenvalue weighted by Crippen LogP contribution is 2.28. The van der Waals surface area contributed by atoms with Crippen molar-refractivity contribution in [1.29, 1.82) is 0 Å². The molecule has 1 heterocycles. The first-order valence-corrected chi connectivity index (χ1v) is 5.51. The van der Waals surface area contributed by atoms with E-state index in [4.69, 9.17) is 9.84 Å². The van der Waals surface area contributed by atoms with Gasteiger partial charge in [0.05, 0.1) is 6.10 Å². The maximum absolute atomic E-state index is 12.8. The Morgan fingerprint density at radius 1 is 1.41 bits per heavy atom. The van der Waals surface area contributed by atoms with E-state index in [1.54, 1.807) is 12.1 Å². The normalized spacial score (nSPS) is 24.3. The van der Waals surface area contributed by atoms with Crippen molar-refractivity contribution < 1.29 is 19.0 Å². The highest BCUT2D eigenvalue weighted by Gasteiger charge is 2.24. The van der Waals surface area contributed by atoms with Crippen molar-refractivity contribution in [1.82, 2.24) is 5.32 Å². The Labute approximate surface area is 98.4 Å². The maximum atomic E-state index is 12.8. The second kappa shape index (κ2) is 5.14. The van der Waals surface area contributed by atoms with Gasteiger partial charge in [-0.25, -0.2) is 9.18 Å². The number of rotatable bonds is 2. The zero-order valence-corrected chi connectivity index (χ0v) is 9.23. The lowest BCUT2D eigenvalue weighted by Gasteiger charge is -2.29. The van der Waals surface area contributed by atoms with E-state index in [0.29, 0.717) is 19.4 Å². The zero-order valence-electron chi connectivity index (χ0n) is 9.23. The Morgan fingerprint density at radius 2 is 2.12 bits per heavy atom. The van der Waals surface area contributed by atoms with Crippen LogP contribution >= 0.6 is 0 Å². The Kier molecular flexibility index (Phi) is 3.58. The standard InChI is InChI=1S/C12H14FNO3/c13-9-3-1-8(2-4-9)11-7-10(5-6-17-11)14-12(15)16/h1-4,10-11,14H,5-7H2,(H,15,16). The van der Waals surface area contributed by atoms with E-state index < -0.39 is 6.09 Å². The molecule has 2 unspecified atom stereocenters. The second-order valence-corrected chi connectivity index (χ2v) is 4.08. The van der Waals surface area contributed by atoms with Crippen LogP contribution < -0.4 is 5.32 Å². The average molecular weight is 239 g/mol. The van der Waals surface area contributed by atoms with E-state index in [-0.39, 0.29) is 18.0 Å². The van der Waals surface area contributed by atoms with E-state index >= 15 is 0 Å². The van der Waals surface area contributed by atoms with Gasteiger partial charge in [-0.2, -0.15) is 0 Å². The van der Waals surface area contributed by atoms with E-state index in [2.05, 4.69) is 5.32 Å². The summed E-state index contributed by atoms with van der Waals surface area (Å²) in [5.74, 6) is -0.287. The number of benzene rings is 1. The second-order valence-electron chi connectivity index (χ2n) is 4.08. The Balaban J connectivity index is 2.01. The summed E-state index contributed by atoms with van der Waals surface area (Å²) in [5, 5.41) is 11.1. The third kappa shape index (κ3) is 3.17. The van der Waals surface area contributed by atoms with Gasteiger partial charge in [0.1, 0.15) is 5.82 Å². The van der Waals surface area contributed by atoms with Crippen molar-refractivity contribution >= 4 is 6.09 Å². The predicted molar refractivity (Wildman–Crippen MR) is 59.3 cm³/mol. The Morgan fingerprint density at radius 3 is 2.76 bits per heavy atom. The molecule has 4 nitrogen and oxygen atoms in total.